The van der Waals surface area contributed by atoms with Crippen molar-refractivity contribution in [2.45, 2.75) is 23.8 Å². The Morgan fingerprint density at radius 1 is 1.37 bits per heavy atom. The standard InChI is InChI=1S/C12H15BrFNO3S/c1-15(10-4-6-18-7-5-10)19(16,17)12-3-2-9(14)8-11(12)13/h2-3,8,10H,4-7H2,1H3. The first-order valence-corrected chi connectivity index (χ1v) is 8.17. The molecule has 1 aromatic carbocycles. The van der Waals surface area contributed by atoms with Crippen LogP contribution in [-0.4, -0.2) is 39.0 Å². The van der Waals surface area contributed by atoms with E-state index in [9.17, 15) is 12.8 Å². The Hall–Kier alpha value is -0.500. The third-order valence-corrected chi connectivity index (χ3v) is 6.14. The second-order valence-corrected chi connectivity index (χ2v) is 7.26. The minimum atomic E-state index is -3.62. The SMILES string of the molecule is CN(C1CCOCC1)S(=O)(=O)c1ccc(F)cc1Br. The van der Waals surface area contributed by atoms with Gasteiger partial charge in [-0.15, -0.1) is 0 Å². The van der Waals surface area contributed by atoms with Crippen LogP contribution in [0, 0.1) is 5.82 Å². The number of sulfonamides is 1. The maximum Gasteiger partial charge on any atom is 0.244 e. The summed E-state index contributed by atoms with van der Waals surface area (Å²) in [6.45, 7) is 1.13. The van der Waals surface area contributed by atoms with Gasteiger partial charge in [-0.2, -0.15) is 4.31 Å². The molecule has 0 aromatic heterocycles. The van der Waals surface area contributed by atoms with Crippen LogP contribution in [0.1, 0.15) is 12.8 Å². The summed E-state index contributed by atoms with van der Waals surface area (Å²) in [7, 11) is -2.07. The molecule has 106 valence electrons. The Labute approximate surface area is 120 Å². The summed E-state index contributed by atoms with van der Waals surface area (Å²) in [4.78, 5) is 0.0860. The highest BCUT2D eigenvalue weighted by atomic mass is 79.9. The van der Waals surface area contributed by atoms with Crippen LogP contribution in [-0.2, 0) is 14.8 Å². The summed E-state index contributed by atoms with van der Waals surface area (Å²) < 4.78 is 44.9. The van der Waals surface area contributed by atoms with E-state index in [0.717, 1.165) is 12.1 Å². The first-order valence-electron chi connectivity index (χ1n) is 5.94. The van der Waals surface area contributed by atoms with Crippen molar-refractivity contribution in [1.82, 2.24) is 4.31 Å². The minimum Gasteiger partial charge on any atom is -0.381 e. The van der Waals surface area contributed by atoms with E-state index in [0.29, 0.717) is 26.1 Å². The Morgan fingerprint density at radius 2 is 2.00 bits per heavy atom. The lowest BCUT2D eigenvalue weighted by atomic mass is 10.1. The van der Waals surface area contributed by atoms with Gasteiger partial charge in [0.05, 0.1) is 4.90 Å². The maximum absolute atomic E-state index is 13.0. The number of rotatable bonds is 3. The molecule has 0 amide bonds. The Kier molecular flexibility index (Phi) is 4.60. The summed E-state index contributed by atoms with van der Waals surface area (Å²) in [5.74, 6) is -0.473. The molecule has 0 bridgehead atoms. The number of ether oxygens (including phenoxy) is 1. The molecule has 0 atom stereocenters. The number of hydrogen-bond donors (Lipinski definition) is 0. The van der Waals surface area contributed by atoms with E-state index in [1.807, 2.05) is 0 Å². The first kappa shape index (κ1) is 14.9. The van der Waals surface area contributed by atoms with Crippen LogP contribution < -0.4 is 0 Å². The van der Waals surface area contributed by atoms with Crippen LogP contribution in [0.3, 0.4) is 0 Å². The molecule has 0 aliphatic carbocycles. The third-order valence-electron chi connectivity index (χ3n) is 3.26. The minimum absolute atomic E-state index is 0.0734. The zero-order valence-electron chi connectivity index (χ0n) is 10.5. The van der Waals surface area contributed by atoms with Crippen molar-refractivity contribution in [3.8, 4) is 0 Å². The molecule has 0 unspecified atom stereocenters. The molecule has 19 heavy (non-hydrogen) atoms. The zero-order chi connectivity index (χ0) is 14.0. The molecule has 7 heteroatoms. The topological polar surface area (TPSA) is 46.6 Å². The smallest absolute Gasteiger partial charge is 0.244 e. The van der Waals surface area contributed by atoms with E-state index in [1.54, 1.807) is 7.05 Å². The number of nitrogens with zero attached hydrogens (tertiary/aromatic N) is 1. The molecule has 2 rings (SSSR count). The van der Waals surface area contributed by atoms with Gasteiger partial charge >= 0.3 is 0 Å². The van der Waals surface area contributed by atoms with Crippen LogP contribution in [0.25, 0.3) is 0 Å². The molecule has 0 saturated carbocycles. The van der Waals surface area contributed by atoms with Gasteiger partial charge in [-0.05, 0) is 47.0 Å². The zero-order valence-corrected chi connectivity index (χ0v) is 12.9. The fourth-order valence-corrected chi connectivity index (χ4v) is 4.51. The molecular weight excluding hydrogens is 337 g/mol. The largest absolute Gasteiger partial charge is 0.381 e. The van der Waals surface area contributed by atoms with E-state index in [4.69, 9.17) is 4.74 Å². The van der Waals surface area contributed by atoms with Crippen LogP contribution in [0.4, 0.5) is 4.39 Å². The van der Waals surface area contributed by atoms with E-state index >= 15 is 0 Å². The van der Waals surface area contributed by atoms with Crippen molar-refractivity contribution in [3.63, 3.8) is 0 Å². The van der Waals surface area contributed by atoms with Crippen LogP contribution in [0.2, 0.25) is 0 Å². The van der Waals surface area contributed by atoms with Gasteiger partial charge in [0.2, 0.25) is 10.0 Å². The monoisotopic (exact) mass is 351 g/mol. The van der Waals surface area contributed by atoms with Crippen molar-refractivity contribution in [3.05, 3.63) is 28.5 Å². The van der Waals surface area contributed by atoms with Gasteiger partial charge < -0.3 is 4.74 Å². The van der Waals surface area contributed by atoms with Gasteiger partial charge in [-0.3, -0.25) is 0 Å². The fraction of sp³-hybridized carbons (Fsp3) is 0.500. The number of halogens is 2. The van der Waals surface area contributed by atoms with Crippen molar-refractivity contribution in [1.29, 1.82) is 0 Å². The summed E-state index contributed by atoms with van der Waals surface area (Å²) in [6, 6.07) is 3.51. The van der Waals surface area contributed by atoms with Gasteiger partial charge in [0.1, 0.15) is 5.82 Å². The summed E-state index contributed by atoms with van der Waals surface area (Å²) >= 11 is 3.10. The van der Waals surface area contributed by atoms with Crippen LogP contribution >= 0.6 is 15.9 Å². The molecule has 0 N–H and O–H groups in total. The Balaban J connectivity index is 2.30. The Bertz CT molecular complexity index is 558. The van der Waals surface area contributed by atoms with Gasteiger partial charge in [0.25, 0.3) is 0 Å². The first-order chi connectivity index (χ1) is 8.93. The van der Waals surface area contributed by atoms with Crippen molar-refractivity contribution in [2.24, 2.45) is 0 Å². The Morgan fingerprint density at radius 3 is 2.58 bits per heavy atom. The average molecular weight is 352 g/mol. The molecular formula is C12H15BrFNO3S. The molecule has 1 aromatic rings. The lowest BCUT2D eigenvalue weighted by Crippen LogP contribution is -2.40. The summed E-state index contributed by atoms with van der Waals surface area (Å²) in [5, 5.41) is 0. The highest BCUT2D eigenvalue weighted by molar-refractivity contribution is 9.10. The van der Waals surface area contributed by atoms with Crippen molar-refractivity contribution < 1.29 is 17.5 Å². The molecule has 0 radical (unpaired) electrons. The molecule has 4 nitrogen and oxygen atoms in total. The number of benzene rings is 1. The number of hydrogen-bond acceptors (Lipinski definition) is 3. The predicted molar refractivity (Wildman–Crippen MR) is 72.9 cm³/mol. The molecule has 0 spiro atoms. The predicted octanol–water partition coefficient (Wildman–Crippen LogP) is 2.39. The molecule has 1 aliphatic rings. The van der Waals surface area contributed by atoms with Gasteiger partial charge in [-0.1, -0.05) is 0 Å². The van der Waals surface area contributed by atoms with E-state index in [-0.39, 0.29) is 15.4 Å². The van der Waals surface area contributed by atoms with Crippen molar-refractivity contribution >= 4 is 26.0 Å². The molecule has 1 saturated heterocycles. The lowest BCUT2D eigenvalue weighted by molar-refractivity contribution is 0.0632. The third kappa shape index (κ3) is 3.16. The highest BCUT2D eigenvalue weighted by Gasteiger charge is 2.30. The lowest BCUT2D eigenvalue weighted by Gasteiger charge is -2.30. The van der Waals surface area contributed by atoms with Crippen LogP contribution in [0.5, 0.6) is 0 Å². The fourth-order valence-electron chi connectivity index (χ4n) is 2.08. The van der Waals surface area contributed by atoms with E-state index in [1.165, 1.54) is 10.4 Å². The van der Waals surface area contributed by atoms with Crippen LogP contribution in [0.15, 0.2) is 27.6 Å². The molecule has 1 fully saturated rings. The maximum atomic E-state index is 13.0. The second kappa shape index (κ2) is 5.87. The average Bonchev–Trinajstić information content (AvgIpc) is 2.38. The second-order valence-electron chi connectivity index (χ2n) is 4.44. The van der Waals surface area contributed by atoms with Crippen molar-refractivity contribution in [2.75, 3.05) is 20.3 Å². The summed E-state index contributed by atoms with van der Waals surface area (Å²) in [5.41, 5.74) is 0. The van der Waals surface area contributed by atoms with Gasteiger partial charge in [-0.25, -0.2) is 12.8 Å². The van der Waals surface area contributed by atoms with E-state index in [2.05, 4.69) is 15.9 Å². The quantitative estimate of drug-likeness (QED) is 0.839. The highest BCUT2D eigenvalue weighted by Crippen LogP contribution is 2.28. The summed E-state index contributed by atoms with van der Waals surface area (Å²) in [6.07, 6.45) is 1.35. The normalized spacial score (nSPS) is 17.9. The van der Waals surface area contributed by atoms with E-state index < -0.39 is 15.8 Å². The molecule has 1 heterocycles. The molecule has 1 aliphatic heterocycles. The van der Waals surface area contributed by atoms with Gasteiger partial charge in [0, 0.05) is 30.8 Å². The van der Waals surface area contributed by atoms with Gasteiger partial charge in [0.15, 0.2) is 0 Å².